The molecule has 1 heterocycles. The second-order valence-electron chi connectivity index (χ2n) is 5.45. The summed E-state index contributed by atoms with van der Waals surface area (Å²) < 4.78 is 27.7. The van der Waals surface area contributed by atoms with Gasteiger partial charge in [-0.05, 0) is 27.2 Å². The molecule has 0 radical (unpaired) electrons. The Balaban J connectivity index is 2.42. The molecule has 1 rings (SSSR count). The molecule has 0 aromatic rings. The molecule has 0 aromatic heterocycles. The molecule has 1 saturated heterocycles. The molecule has 3 atom stereocenters. The highest BCUT2D eigenvalue weighted by atomic mass is 16.7. The summed E-state index contributed by atoms with van der Waals surface area (Å²) in [4.78, 5) is 0. The SMILES string of the molecule is C=CC[C@H](OCOCCOC)[C@@H]1COC(C)(C)O[C@H]1C. The van der Waals surface area contributed by atoms with Crippen LogP contribution >= 0.6 is 0 Å². The van der Waals surface area contributed by atoms with Gasteiger partial charge in [0.2, 0.25) is 0 Å². The molecular formula is C15H28O5. The predicted octanol–water partition coefficient (Wildman–Crippen LogP) is 2.36. The molecule has 0 N–H and O–H groups in total. The molecule has 0 spiro atoms. The lowest BCUT2D eigenvalue weighted by Gasteiger charge is -2.42. The van der Waals surface area contributed by atoms with Crippen LogP contribution in [0.1, 0.15) is 27.2 Å². The third kappa shape index (κ3) is 5.89. The molecule has 5 nitrogen and oxygen atoms in total. The fraction of sp³-hybridized carbons (Fsp3) is 0.867. The lowest BCUT2D eigenvalue weighted by atomic mass is 9.93. The highest BCUT2D eigenvalue weighted by Gasteiger charge is 2.38. The van der Waals surface area contributed by atoms with Crippen LogP contribution in [0.5, 0.6) is 0 Å². The number of ether oxygens (including phenoxy) is 5. The van der Waals surface area contributed by atoms with E-state index in [1.165, 1.54) is 0 Å². The summed E-state index contributed by atoms with van der Waals surface area (Å²) in [6, 6.07) is 0. The van der Waals surface area contributed by atoms with E-state index in [0.717, 1.165) is 6.42 Å². The Labute approximate surface area is 122 Å². The van der Waals surface area contributed by atoms with E-state index in [1.54, 1.807) is 7.11 Å². The first-order valence-corrected chi connectivity index (χ1v) is 7.11. The summed E-state index contributed by atoms with van der Waals surface area (Å²) >= 11 is 0. The minimum atomic E-state index is -0.524. The normalized spacial score (nSPS) is 27.2. The van der Waals surface area contributed by atoms with Crippen LogP contribution in [-0.4, -0.2) is 51.7 Å². The van der Waals surface area contributed by atoms with Crippen molar-refractivity contribution in [3.05, 3.63) is 12.7 Å². The molecular weight excluding hydrogens is 260 g/mol. The van der Waals surface area contributed by atoms with Gasteiger partial charge in [0.25, 0.3) is 0 Å². The van der Waals surface area contributed by atoms with E-state index >= 15 is 0 Å². The summed E-state index contributed by atoms with van der Waals surface area (Å²) in [6.07, 6.45) is 2.66. The summed E-state index contributed by atoms with van der Waals surface area (Å²) in [5, 5.41) is 0. The summed E-state index contributed by atoms with van der Waals surface area (Å²) in [5.74, 6) is -0.351. The van der Waals surface area contributed by atoms with Gasteiger partial charge in [0.1, 0.15) is 6.79 Å². The Bertz CT molecular complexity index is 279. The van der Waals surface area contributed by atoms with Gasteiger partial charge in [-0.3, -0.25) is 0 Å². The average molecular weight is 288 g/mol. The van der Waals surface area contributed by atoms with Crippen molar-refractivity contribution in [3.63, 3.8) is 0 Å². The molecule has 1 aliphatic rings. The van der Waals surface area contributed by atoms with Crippen LogP contribution in [0.4, 0.5) is 0 Å². The molecule has 1 fully saturated rings. The topological polar surface area (TPSA) is 46.2 Å². The van der Waals surface area contributed by atoms with Gasteiger partial charge in [0.05, 0.1) is 32.0 Å². The molecule has 0 unspecified atom stereocenters. The second-order valence-corrected chi connectivity index (χ2v) is 5.45. The molecule has 0 bridgehead atoms. The monoisotopic (exact) mass is 288 g/mol. The standard InChI is InChI=1S/C15H28O5/c1-6-7-14(18-11-17-9-8-16-5)13-10-19-15(3,4)20-12(13)2/h6,12-14H,1,7-11H2,2-5H3/t12-,13+,14-/m0/s1. The lowest BCUT2D eigenvalue weighted by molar-refractivity contribution is -0.303. The van der Waals surface area contributed by atoms with Crippen molar-refractivity contribution < 1.29 is 23.7 Å². The van der Waals surface area contributed by atoms with E-state index in [-0.39, 0.29) is 24.9 Å². The van der Waals surface area contributed by atoms with Gasteiger partial charge in [-0.1, -0.05) is 6.08 Å². The maximum Gasteiger partial charge on any atom is 0.163 e. The van der Waals surface area contributed by atoms with Crippen molar-refractivity contribution >= 4 is 0 Å². The van der Waals surface area contributed by atoms with Gasteiger partial charge in [-0.2, -0.15) is 0 Å². The number of methoxy groups -OCH3 is 1. The summed E-state index contributed by atoms with van der Waals surface area (Å²) in [6.45, 7) is 11.6. The zero-order valence-electron chi connectivity index (χ0n) is 13.1. The van der Waals surface area contributed by atoms with Crippen LogP contribution in [0.25, 0.3) is 0 Å². The van der Waals surface area contributed by atoms with Gasteiger partial charge in [-0.25, -0.2) is 0 Å². The van der Waals surface area contributed by atoms with Crippen LogP contribution in [0, 0.1) is 5.92 Å². The van der Waals surface area contributed by atoms with Gasteiger partial charge in [-0.15, -0.1) is 6.58 Å². The van der Waals surface area contributed by atoms with E-state index in [2.05, 4.69) is 13.5 Å². The Morgan fingerprint density at radius 3 is 2.75 bits per heavy atom. The first kappa shape index (κ1) is 17.6. The highest BCUT2D eigenvalue weighted by molar-refractivity contribution is 4.85. The maximum absolute atomic E-state index is 5.86. The smallest absolute Gasteiger partial charge is 0.163 e. The largest absolute Gasteiger partial charge is 0.382 e. The minimum Gasteiger partial charge on any atom is -0.382 e. The first-order chi connectivity index (χ1) is 9.50. The predicted molar refractivity (Wildman–Crippen MR) is 76.5 cm³/mol. The Kier molecular flexibility index (Phi) is 7.69. The zero-order valence-corrected chi connectivity index (χ0v) is 13.1. The molecule has 20 heavy (non-hydrogen) atoms. The minimum absolute atomic E-state index is 0.0128. The molecule has 0 amide bonds. The fourth-order valence-electron chi connectivity index (χ4n) is 2.28. The van der Waals surface area contributed by atoms with E-state index in [1.807, 2.05) is 19.9 Å². The zero-order chi connectivity index (χ0) is 15.0. The molecule has 1 aliphatic heterocycles. The van der Waals surface area contributed by atoms with E-state index in [9.17, 15) is 0 Å². The van der Waals surface area contributed by atoms with E-state index < -0.39 is 5.79 Å². The third-order valence-electron chi connectivity index (χ3n) is 3.37. The Morgan fingerprint density at radius 2 is 2.15 bits per heavy atom. The summed E-state index contributed by atoms with van der Waals surface area (Å²) in [7, 11) is 1.64. The van der Waals surface area contributed by atoms with Crippen molar-refractivity contribution in [2.24, 2.45) is 5.92 Å². The van der Waals surface area contributed by atoms with Crippen molar-refractivity contribution in [1.82, 2.24) is 0 Å². The van der Waals surface area contributed by atoms with Crippen molar-refractivity contribution in [3.8, 4) is 0 Å². The molecule has 0 aliphatic carbocycles. The molecule has 0 aromatic carbocycles. The number of hydrogen-bond acceptors (Lipinski definition) is 5. The van der Waals surface area contributed by atoms with Crippen molar-refractivity contribution in [2.45, 2.75) is 45.2 Å². The highest BCUT2D eigenvalue weighted by Crippen LogP contribution is 2.30. The van der Waals surface area contributed by atoms with Crippen LogP contribution in [0.2, 0.25) is 0 Å². The van der Waals surface area contributed by atoms with Gasteiger partial charge >= 0.3 is 0 Å². The quantitative estimate of drug-likeness (QED) is 0.370. The van der Waals surface area contributed by atoms with Gasteiger partial charge < -0.3 is 23.7 Å². The van der Waals surface area contributed by atoms with Crippen molar-refractivity contribution in [2.75, 3.05) is 33.7 Å². The second kappa shape index (κ2) is 8.74. The van der Waals surface area contributed by atoms with Crippen LogP contribution in [0.3, 0.4) is 0 Å². The number of hydrogen-bond donors (Lipinski definition) is 0. The lowest BCUT2D eigenvalue weighted by Crippen LogP contribution is -2.49. The van der Waals surface area contributed by atoms with Crippen LogP contribution in [0.15, 0.2) is 12.7 Å². The van der Waals surface area contributed by atoms with E-state index in [4.69, 9.17) is 23.7 Å². The first-order valence-electron chi connectivity index (χ1n) is 7.11. The van der Waals surface area contributed by atoms with E-state index in [0.29, 0.717) is 19.8 Å². The van der Waals surface area contributed by atoms with Gasteiger partial charge in [0, 0.05) is 13.0 Å². The van der Waals surface area contributed by atoms with Crippen molar-refractivity contribution in [1.29, 1.82) is 0 Å². The Hall–Kier alpha value is -0.460. The maximum atomic E-state index is 5.86. The van der Waals surface area contributed by atoms with Crippen LogP contribution in [-0.2, 0) is 23.7 Å². The number of rotatable bonds is 9. The fourth-order valence-corrected chi connectivity index (χ4v) is 2.28. The molecule has 118 valence electrons. The van der Waals surface area contributed by atoms with Crippen LogP contribution < -0.4 is 0 Å². The average Bonchev–Trinajstić information content (AvgIpc) is 2.37. The Morgan fingerprint density at radius 1 is 1.40 bits per heavy atom. The summed E-state index contributed by atoms with van der Waals surface area (Å²) in [5.41, 5.74) is 0. The third-order valence-corrected chi connectivity index (χ3v) is 3.37. The molecule has 5 heteroatoms. The molecule has 0 saturated carbocycles. The van der Waals surface area contributed by atoms with Gasteiger partial charge in [0.15, 0.2) is 5.79 Å².